The minimum Gasteiger partial charge on any atom is -0.493 e. The number of ether oxygens (including phenoxy) is 2. The molecule has 2 aromatic rings. The Bertz CT molecular complexity index is 1030. The highest BCUT2D eigenvalue weighted by atomic mass is 16.5. The summed E-state index contributed by atoms with van der Waals surface area (Å²) in [6, 6.07) is 6.91. The number of aliphatic imine (C=N–C) groups is 1. The summed E-state index contributed by atoms with van der Waals surface area (Å²) >= 11 is 0. The smallest absolute Gasteiger partial charge is 0.341 e. The van der Waals surface area contributed by atoms with Gasteiger partial charge in [-0.05, 0) is 24.3 Å². The number of carboxylic acids is 1. The van der Waals surface area contributed by atoms with Gasteiger partial charge in [-0.1, -0.05) is 0 Å². The third-order valence-corrected chi connectivity index (χ3v) is 4.52. The zero-order valence-corrected chi connectivity index (χ0v) is 15.6. The maximum absolute atomic E-state index is 12.7. The number of aliphatic carboxylic acids is 1. The van der Waals surface area contributed by atoms with E-state index < -0.39 is 12.6 Å². The van der Waals surface area contributed by atoms with Gasteiger partial charge in [0.05, 0.1) is 19.3 Å². The van der Waals surface area contributed by atoms with Crippen LogP contribution in [-0.4, -0.2) is 59.4 Å². The highest BCUT2D eigenvalue weighted by molar-refractivity contribution is 6.11. The molecule has 0 aliphatic carbocycles. The molecule has 29 heavy (non-hydrogen) atoms. The second-order valence-electron chi connectivity index (χ2n) is 6.32. The molecule has 0 fully saturated rings. The van der Waals surface area contributed by atoms with E-state index in [1.54, 1.807) is 24.4 Å². The first kappa shape index (κ1) is 18.5. The zero-order valence-electron chi connectivity index (χ0n) is 15.6. The summed E-state index contributed by atoms with van der Waals surface area (Å²) in [5.74, 6) is 0.515. The van der Waals surface area contributed by atoms with E-state index in [-0.39, 0.29) is 11.5 Å². The van der Waals surface area contributed by atoms with Gasteiger partial charge in [-0.25, -0.2) is 4.79 Å². The fourth-order valence-corrected chi connectivity index (χ4v) is 3.25. The van der Waals surface area contributed by atoms with Crippen LogP contribution in [0.5, 0.6) is 11.5 Å². The van der Waals surface area contributed by atoms with Crippen LogP contribution in [-0.2, 0) is 4.79 Å². The molecule has 0 amide bonds. The number of fused-ring (bicyclic) bond motifs is 3. The number of nitrogens with zero attached hydrogens (tertiary/aromatic N) is 3. The second kappa shape index (κ2) is 7.63. The first-order valence-corrected chi connectivity index (χ1v) is 8.89. The van der Waals surface area contributed by atoms with Gasteiger partial charge >= 0.3 is 5.97 Å². The van der Waals surface area contributed by atoms with Gasteiger partial charge in [0.2, 0.25) is 0 Å². The quantitative estimate of drug-likeness (QED) is 0.563. The molecule has 3 heterocycles. The van der Waals surface area contributed by atoms with E-state index in [2.05, 4.69) is 15.3 Å². The summed E-state index contributed by atoms with van der Waals surface area (Å²) in [6.07, 6.45) is 4.57. The predicted molar refractivity (Wildman–Crippen MR) is 105 cm³/mol. The molecular formula is C20H18N4O5. The molecule has 1 aromatic heterocycles. The minimum atomic E-state index is -1.11. The number of ketones is 1. The molecule has 0 saturated carbocycles. The Morgan fingerprint density at radius 2 is 2.21 bits per heavy atom. The van der Waals surface area contributed by atoms with E-state index in [0.29, 0.717) is 41.7 Å². The average Bonchev–Trinajstić information content (AvgIpc) is 3.23. The number of hydrogen-bond donors (Lipinski definition) is 2. The van der Waals surface area contributed by atoms with E-state index in [0.717, 1.165) is 5.56 Å². The summed E-state index contributed by atoms with van der Waals surface area (Å²) in [5, 5.41) is 12.2. The number of amidine groups is 1. The Labute approximate surface area is 166 Å². The number of carbonyl (C=O) groups is 2. The third kappa shape index (κ3) is 3.49. The number of nitrogens with one attached hydrogen (secondary N) is 1. The third-order valence-electron chi connectivity index (χ3n) is 4.52. The lowest BCUT2D eigenvalue weighted by atomic mass is 10.1. The van der Waals surface area contributed by atoms with Gasteiger partial charge in [0.15, 0.2) is 23.9 Å². The van der Waals surface area contributed by atoms with Crippen molar-refractivity contribution < 1.29 is 24.2 Å². The standard InChI is InChI=1S/C20H18N4O5/c1-28-15-5-4-13-18(19(15)29-11-17(26)27)23-16(24-8-7-22-20(13)24)9-14(25)12-3-2-6-21-10-12/h2-6,9-10,23H,7-8,11H2,1H3,(H,26,27). The van der Waals surface area contributed by atoms with Gasteiger partial charge in [-0.15, -0.1) is 0 Å². The summed E-state index contributed by atoms with van der Waals surface area (Å²) in [6.45, 7) is 0.663. The molecule has 9 heteroatoms. The number of aromatic nitrogens is 1. The largest absolute Gasteiger partial charge is 0.493 e. The van der Waals surface area contributed by atoms with Crippen LogP contribution in [0.3, 0.4) is 0 Å². The van der Waals surface area contributed by atoms with E-state index in [1.165, 1.54) is 19.4 Å². The van der Waals surface area contributed by atoms with Crippen molar-refractivity contribution in [3.63, 3.8) is 0 Å². The summed E-state index contributed by atoms with van der Waals surface area (Å²) in [4.78, 5) is 34.1. The molecule has 0 atom stereocenters. The maximum Gasteiger partial charge on any atom is 0.341 e. The van der Waals surface area contributed by atoms with Crippen LogP contribution in [0.1, 0.15) is 15.9 Å². The van der Waals surface area contributed by atoms with Crippen molar-refractivity contribution in [3.05, 3.63) is 59.7 Å². The predicted octanol–water partition coefficient (Wildman–Crippen LogP) is 1.77. The van der Waals surface area contributed by atoms with E-state index >= 15 is 0 Å². The number of carbonyl (C=O) groups excluding carboxylic acids is 1. The number of carboxylic acid groups (broad SMARTS) is 1. The fourth-order valence-electron chi connectivity index (χ4n) is 3.25. The number of benzene rings is 1. The van der Waals surface area contributed by atoms with Crippen LogP contribution in [0.4, 0.5) is 5.69 Å². The maximum atomic E-state index is 12.7. The topological polar surface area (TPSA) is 113 Å². The molecular weight excluding hydrogens is 376 g/mol. The molecule has 4 rings (SSSR count). The number of methoxy groups -OCH3 is 1. The van der Waals surface area contributed by atoms with Crippen LogP contribution in [0.2, 0.25) is 0 Å². The van der Waals surface area contributed by atoms with E-state index in [1.807, 2.05) is 11.0 Å². The molecule has 0 unspecified atom stereocenters. The van der Waals surface area contributed by atoms with Crippen molar-refractivity contribution >= 4 is 23.3 Å². The van der Waals surface area contributed by atoms with Gasteiger partial charge in [0, 0.05) is 36.1 Å². The monoisotopic (exact) mass is 394 g/mol. The highest BCUT2D eigenvalue weighted by Gasteiger charge is 2.33. The van der Waals surface area contributed by atoms with Crippen LogP contribution < -0.4 is 14.8 Å². The summed E-state index contributed by atoms with van der Waals surface area (Å²) in [5.41, 5.74) is 1.71. The van der Waals surface area contributed by atoms with Crippen LogP contribution in [0, 0.1) is 0 Å². The molecule has 2 aliphatic heterocycles. The van der Waals surface area contributed by atoms with Crippen molar-refractivity contribution in [3.8, 4) is 11.5 Å². The molecule has 1 aromatic carbocycles. The van der Waals surface area contributed by atoms with Gasteiger partial charge < -0.3 is 24.8 Å². The van der Waals surface area contributed by atoms with Gasteiger partial charge in [0.25, 0.3) is 0 Å². The number of rotatable bonds is 6. The van der Waals surface area contributed by atoms with Gasteiger partial charge in [0.1, 0.15) is 11.7 Å². The number of anilines is 1. The SMILES string of the molecule is COc1ccc2c(c1OCC(=O)O)NC(=CC(=O)c1cccnc1)N1CCN=C21. The second-order valence-corrected chi connectivity index (χ2v) is 6.32. The molecule has 0 radical (unpaired) electrons. The molecule has 0 bridgehead atoms. The van der Waals surface area contributed by atoms with Crippen molar-refractivity contribution in [1.29, 1.82) is 0 Å². The minimum absolute atomic E-state index is 0.216. The Kier molecular flexibility index (Phi) is 4.86. The normalized spacial score (nSPS) is 15.8. The zero-order chi connectivity index (χ0) is 20.4. The summed E-state index contributed by atoms with van der Waals surface area (Å²) < 4.78 is 10.8. The molecule has 148 valence electrons. The molecule has 9 nitrogen and oxygen atoms in total. The molecule has 0 saturated heterocycles. The molecule has 0 spiro atoms. The van der Waals surface area contributed by atoms with Crippen LogP contribution in [0.25, 0.3) is 0 Å². The Morgan fingerprint density at radius 3 is 2.93 bits per heavy atom. The fraction of sp³-hybridized carbons (Fsp3) is 0.200. The molecule has 2 N–H and O–H groups in total. The van der Waals surface area contributed by atoms with E-state index in [9.17, 15) is 9.59 Å². The lowest BCUT2D eigenvalue weighted by molar-refractivity contribution is -0.139. The van der Waals surface area contributed by atoms with Crippen LogP contribution >= 0.6 is 0 Å². The summed E-state index contributed by atoms with van der Waals surface area (Å²) in [7, 11) is 1.47. The van der Waals surface area contributed by atoms with Gasteiger partial charge in [-0.2, -0.15) is 0 Å². The van der Waals surface area contributed by atoms with Crippen molar-refractivity contribution in [2.24, 2.45) is 4.99 Å². The molecule has 2 aliphatic rings. The Morgan fingerprint density at radius 1 is 1.34 bits per heavy atom. The number of pyridine rings is 1. The average molecular weight is 394 g/mol. The highest BCUT2D eigenvalue weighted by Crippen LogP contribution is 2.43. The first-order valence-electron chi connectivity index (χ1n) is 8.89. The Hall–Kier alpha value is -3.88. The van der Waals surface area contributed by atoms with Gasteiger partial charge in [-0.3, -0.25) is 14.8 Å². The van der Waals surface area contributed by atoms with Crippen LogP contribution in [0.15, 0.2) is 53.5 Å². The van der Waals surface area contributed by atoms with E-state index in [4.69, 9.17) is 14.6 Å². The first-order chi connectivity index (χ1) is 14.1. The van der Waals surface area contributed by atoms with Crippen molar-refractivity contribution in [1.82, 2.24) is 9.88 Å². The van der Waals surface area contributed by atoms with Crippen molar-refractivity contribution in [2.45, 2.75) is 0 Å². The Balaban J connectivity index is 1.77. The lowest BCUT2D eigenvalue weighted by Crippen LogP contribution is -2.37. The lowest BCUT2D eigenvalue weighted by Gasteiger charge is -2.32. The number of allylic oxidation sites excluding steroid dienone is 1. The number of hydrogen-bond acceptors (Lipinski definition) is 8. The van der Waals surface area contributed by atoms with Crippen molar-refractivity contribution in [2.75, 3.05) is 32.1 Å².